The van der Waals surface area contributed by atoms with Gasteiger partial charge in [0.2, 0.25) is 0 Å². The number of nitrogens with zero attached hydrogens (tertiary/aromatic N) is 1. The molecule has 86 valence electrons. The quantitative estimate of drug-likeness (QED) is 0.461. The zero-order chi connectivity index (χ0) is 12.2. The number of carbonyl (C=O) groups excluding carboxylic acids is 2. The first-order valence-corrected chi connectivity index (χ1v) is 5.77. The monoisotopic (exact) mass is 228 g/mol. The lowest BCUT2D eigenvalue weighted by atomic mass is 9.81. The predicted octanol–water partition coefficient (Wildman–Crippen LogP) is -0.932. The van der Waals surface area contributed by atoms with E-state index in [-0.39, 0.29) is 0 Å². The average molecular weight is 228 g/mol. The summed E-state index contributed by atoms with van der Waals surface area (Å²) in [6, 6.07) is 1.85. The fourth-order valence-corrected chi connectivity index (χ4v) is 2.72. The average Bonchev–Trinajstić information content (AvgIpc) is 2.57. The second-order valence-electron chi connectivity index (χ2n) is 4.84. The van der Waals surface area contributed by atoms with Crippen LogP contribution in [-0.4, -0.2) is 38.0 Å². The zero-order valence-corrected chi connectivity index (χ0v) is 9.96. The van der Waals surface area contributed by atoms with Crippen LogP contribution in [0, 0.1) is 0 Å². The second-order valence-corrected chi connectivity index (χ2v) is 4.84. The molecule has 2 aliphatic heterocycles. The van der Waals surface area contributed by atoms with Gasteiger partial charge in [0.15, 0.2) is 0 Å². The maximum Gasteiger partial charge on any atom is 0.296 e. The molecule has 1 aromatic rings. The third-order valence-corrected chi connectivity index (χ3v) is 3.63. The highest BCUT2D eigenvalue weighted by Gasteiger charge is 2.33. The van der Waals surface area contributed by atoms with Gasteiger partial charge in [-0.1, -0.05) is 11.5 Å². The molecule has 0 aliphatic carbocycles. The van der Waals surface area contributed by atoms with E-state index in [1.807, 2.05) is 13.9 Å². The van der Waals surface area contributed by atoms with E-state index in [2.05, 4.69) is 17.3 Å². The third kappa shape index (κ3) is 1.42. The fraction of sp³-hybridized carbons (Fsp3) is 0.333. The molecule has 0 saturated heterocycles. The SMILES string of the molecule is Bc1cc2c(c3c1CCN(C)C3)NC(=O)C2=O. The van der Waals surface area contributed by atoms with E-state index in [0.29, 0.717) is 5.56 Å². The van der Waals surface area contributed by atoms with Gasteiger partial charge in [0.05, 0.1) is 11.3 Å². The predicted molar refractivity (Wildman–Crippen MR) is 67.6 cm³/mol. The van der Waals surface area contributed by atoms with Crippen molar-refractivity contribution in [2.24, 2.45) is 0 Å². The summed E-state index contributed by atoms with van der Waals surface area (Å²) in [7, 11) is 4.07. The molecule has 2 aliphatic rings. The molecule has 5 heteroatoms. The molecule has 0 bridgehead atoms. The Morgan fingerprint density at radius 1 is 1.35 bits per heavy atom. The van der Waals surface area contributed by atoms with Crippen molar-refractivity contribution in [3.63, 3.8) is 0 Å². The van der Waals surface area contributed by atoms with Gasteiger partial charge in [-0.2, -0.15) is 0 Å². The van der Waals surface area contributed by atoms with Gasteiger partial charge in [-0.15, -0.1) is 0 Å². The van der Waals surface area contributed by atoms with Crippen LogP contribution < -0.4 is 10.8 Å². The highest BCUT2D eigenvalue weighted by molar-refractivity contribution is 6.52. The molecule has 3 rings (SSSR count). The minimum atomic E-state index is -0.499. The first-order valence-electron chi connectivity index (χ1n) is 5.77. The van der Waals surface area contributed by atoms with Crippen LogP contribution in [0.5, 0.6) is 0 Å². The maximum absolute atomic E-state index is 11.7. The Kier molecular flexibility index (Phi) is 2.13. The number of rotatable bonds is 0. The molecule has 0 aromatic heterocycles. The van der Waals surface area contributed by atoms with Crippen LogP contribution in [0.25, 0.3) is 0 Å². The number of hydrogen-bond acceptors (Lipinski definition) is 3. The Morgan fingerprint density at radius 2 is 2.12 bits per heavy atom. The van der Waals surface area contributed by atoms with Crippen LogP contribution in [0.2, 0.25) is 0 Å². The van der Waals surface area contributed by atoms with Crippen molar-refractivity contribution in [3.8, 4) is 0 Å². The molecule has 0 saturated carbocycles. The van der Waals surface area contributed by atoms with E-state index in [9.17, 15) is 9.59 Å². The minimum Gasteiger partial charge on any atom is -0.318 e. The van der Waals surface area contributed by atoms with Crippen molar-refractivity contribution in [2.75, 3.05) is 18.9 Å². The van der Waals surface area contributed by atoms with Crippen molar-refractivity contribution in [3.05, 3.63) is 22.8 Å². The van der Waals surface area contributed by atoms with Gasteiger partial charge >= 0.3 is 0 Å². The molecule has 1 N–H and O–H groups in total. The Bertz CT molecular complexity index is 554. The summed E-state index contributed by atoms with van der Waals surface area (Å²) in [4.78, 5) is 25.3. The molecule has 2 heterocycles. The summed E-state index contributed by atoms with van der Waals surface area (Å²) in [6.45, 7) is 1.82. The lowest BCUT2D eigenvalue weighted by Crippen LogP contribution is -2.31. The number of Topliss-reactive ketones (excluding diaryl/α,β-unsaturated/α-hetero) is 1. The van der Waals surface area contributed by atoms with Gasteiger partial charge in [-0.25, -0.2) is 0 Å². The van der Waals surface area contributed by atoms with Gasteiger partial charge in [-0.3, -0.25) is 9.59 Å². The lowest BCUT2D eigenvalue weighted by Gasteiger charge is -2.28. The molecule has 0 radical (unpaired) electrons. The normalized spacial score (nSPS) is 18.9. The van der Waals surface area contributed by atoms with Crippen LogP contribution in [0.1, 0.15) is 21.5 Å². The molecule has 1 aromatic carbocycles. The number of nitrogens with one attached hydrogen (secondary N) is 1. The molecular weight excluding hydrogens is 215 g/mol. The Morgan fingerprint density at radius 3 is 2.88 bits per heavy atom. The molecule has 17 heavy (non-hydrogen) atoms. The largest absolute Gasteiger partial charge is 0.318 e. The molecular formula is C12H13BN2O2. The highest BCUT2D eigenvalue weighted by Crippen LogP contribution is 2.31. The summed E-state index contributed by atoms with van der Waals surface area (Å²) in [6.07, 6.45) is 0.981. The molecule has 1 amide bonds. The van der Waals surface area contributed by atoms with Crippen molar-refractivity contribution < 1.29 is 9.59 Å². The molecule has 0 atom stereocenters. The number of benzene rings is 1. The van der Waals surface area contributed by atoms with Gasteiger partial charge in [0.25, 0.3) is 11.7 Å². The van der Waals surface area contributed by atoms with Crippen molar-refractivity contribution >= 4 is 30.7 Å². The van der Waals surface area contributed by atoms with Gasteiger partial charge in [0, 0.05) is 13.1 Å². The minimum absolute atomic E-state index is 0.404. The van der Waals surface area contributed by atoms with Crippen LogP contribution in [0.3, 0.4) is 0 Å². The first kappa shape index (κ1) is 10.5. The fourth-order valence-electron chi connectivity index (χ4n) is 2.72. The summed E-state index contributed by atoms with van der Waals surface area (Å²) >= 11 is 0. The van der Waals surface area contributed by atoms with E-state index in [1.165, 1.54) is 5.56 Å². The van der Waals surface area contributed by atoms with Gasteiger partial charge < -0.3 is 10.2 Å². The molecule has 4 nitrogen and oxygen atoms in total. The van der Waals surface area contributed by atoms with Crippen LogP contribution in [0.4, 0.5) is 5.69 Å². The summed E-state index contributed by atoms with van der Waals surface area (Å²) in [5, 5.41) is 2.71. The zero-order valence-electron chi connectivity index (χ0n) is 9.96. The van der Waals surface area contributed by atoms with E-state index in [0.717, 1.165) is 36.2 Å². The van der Waals surface area contributed by atoms with Gasteiger partial charge in [0.1, 0.15) is 7.85 Å². The summed E-state index contributed by atoms with van der Waals surface area (Å²) in [5.74, 6) is -0.903. The number of amides is 1. The Balaban J connectivity index is 2.24. The number of carbonyl (C=O) groups is 2. The maximum atomic E-state index is 11.7. The van der Waals surface area contributed by atoms with Crippen LogP contribution in [-0.2, 0) is 17.8 Å². The van der Waals surface area contributed by atoms with E-state index in [1.54, 1.807) is 0 Å². The molecule has 0 unspecified atom stereocenters. The van der Waals surface area contributed by atoms with Crippen LogP contribution in [0.15, 0.2) is 6.07 Å². The Labute approximate surface area is 100 Å². The summed E-state index contributed by atoms with van der Waals surface area (Å²) < 4.78 is 0. The first-order chi connectivity index (χ1) is 8.08. The lowest BCUT2D eigenvalue weighted by molar-refractivity contribution is -0.112. The topological polar surface area (TPSA) is 49.4 Å². The smallest absolute Gasteiger partial charge is 0.296 e. The number of anilines is 1. The van der Waals surface area contributed by atoms with E-state index >= 15 is 0 Å². The number of ketones is 1. The van der Waals surface area contributed by atoms with Crippen molar-refractivity contribution in [1.82, 2.24) is 4.90 Å². The number of hydrogen-bond donors (Lipinski definition) is 1. The second kappa shape index (κ2) is 3.44. The molecule has 0 fully saturated rings. The van der Waals surface area contributed by atoms with E-state index < -0.39 is 11.7 Å². The summed E-state index contributed by atoms with van der Waals surface area (Å²) in [5.41, 5.74) is 4.82. The van der Waals surface area contributed by atoms with Crippen LogP contribution >= 0.6 is 0 Å². The number of fused-ring (bicyclic) bond motifs is 3. The van der Waals surface area contributed by atoms with E-state index in [4.69, 9.17) is 0 Å². The third-order valence-electron chi connectivity index (χ3n) is 3.63. The van der Waals surface area contributed by atoms with Gasteiger partial charge in [-0.05, 0) is 24.6 Å². The molecule has 0 spiro atoms. The number of likely N-dealkylation sites (N-methyl/N-ethyl adjacent to an activating group) is 1. The van der Waals surface area contributed by atoms with Crippen molar-refractivity contribution in [1.29, 1.82) is 0 Å². The Hall–Kier alpha value is -1.62. The highest BCUT2D eigenvalue weighted by atomic mass is 16.2. The van der Waals surface area contributed by atoms with Crippen molar-refractivity contribution in [2.45, 2.75) is 13.0 Å². The standard InChI is InChI=1S/C12H13BN2O2/c1-15-3-2-6-8(5-15)10-7(4-9(6)13)11(16)12(17)14-10/h4H,2-3,5,13H2,1H3,(H,14,16,17).